The molecule has 1 aliphatic carbocycles. The van der Waals surface area contributed by atoms with Crippen molar-refractivity contribution in [3.05, 3.63) is 52.6 Å². The van der Waals surface area contributed by atoms with Gasteiger partial charge in [0.1, 0.15) is 17.2 Å². The molecular formula is C30H34O8. The molecule has 0 unspecified atom stereocenters. The molecule has 202 valence electrons. The predicted octanol–water partition coefficient (Wildman–Crippen LogP) is 5.05. The molecule has 0 aromatic heterocycles. The van der Waals surface area contributed by atoms with E-state index < -0.39 is 12.2 Å². The lowest BCUT2D eigenvalue weighted by molar-refractivity contribution is 0.0187. The van der Waals surface area contributed by atoms with Crippen molar-refractivity contribution in [3.63, 3.8) is 0 Å². The largest absolute Gasteiger partial charge is 0.508 e. The third kappa shape index (κ3) is 4.43. The number of phenols is 3. The standard InChI is InChI=1S/C30H34O8/c1-15(2)9-10-37-25-13-21(27(33)30(36-4)28(25)34)29-22(32)12-20-19-7-5-16-11-17(31)6-8-18(16)26(19)24(35-3)14-23(20)38-29/h6,8,11,13-15,22,29,31-34H,5,7,9-10,12H2,1-4H3/t22-,29+/m1/s1. The van der Waals surface area contributed by atoms with Crippen molar-refractivity contribution in [2.75, 3.05) is 20.8 Å². The lowest BCUT2D eigenvalue weighted by Crippen LogP contribution is -2.31. The Morgan fingerprint density at radius 3 is 2.45 bits per heavy atom. The molecule has 4 N–H and O–H groups in total. The van der Waals surface area contributed by atoms with Crippen LogP contribution in [0.5, 0.6) is 40.2 Å². The minimum atomic E-state index is -0.982. The normalized spacial score (nSPS) is 17.7. The summed E-state index contributed by atoms with van der Waals surface area (Å²) in [5.41, 5.74) is 5.16. The Balaban J connectivity index is 1.56. The molecule has 0 saturated heterocycles. The highest BCUT2D eigenvalue weighted by atomic mass is 16.5. The monoisotopic (exact) mass is 522 g/mol. The lowest BCUT2D eigenvalue weighted by atomic mass is 9.80. The molecule has 2 atom stereocenters. The summed E-state index contributed by atoms with van der Waals surface area (Å²) in [6.07, 6.45) is 0.610. The summed E-state index contributed by atoms with van der Waals surface area (Å²) in [4.78, 5) is 0. The van der Waals surface area contributed by atoms with Crippen LogP contribution < -0.4 is 18.9 Å². The minimum Gasteiger partial charge on any atom is -0.508 e. The van der Waals surface area contributed by atoms with E-state index in [0.29, 0.717) is 36.9 Å². The van der Waals surface area contributed by atoms with Crippen LogP contribution in [0.1, 0.15) is 48.6 Å². The molecule has 1 heterocycles. The molecule has 0 fully saturated rings. The topological polar surface area (TPSA) is 118 Å². The molecule has 8 heteroatoms. The maximum absolute atomic E-state index is 11.3. The van der Waals surface area contributed by atoms with Crippen LogP contribution in [0.3, 0.4) is 0 Å². The number of ether oxygens (including phenoxy) is 4. The zero-order valence-electron chi connectivity index (χ0n) is 22.1. The number of benzene rings is 3. The fourth-order valence-corrected chi connectivity index (χ4v) is 5.44. The van der Waals surface area contributed by atoms with Crippen LogP contribution in [0, 0.1) is 5.92 Å². The van der Waals surface area contributed by atoms with E-state index in [9.17, 15) is 20.4 Å². The second-order valence-corrected chi connectivity index (χ2v) is 10.3. The van der Waals surface area contributed by atoms with Gasteiger partial charge in [-0.3, -0.25) is 0 Å². The predicted molar refractivity (Wildman–Crippen MR) is 142 cm³/mol. The maximum atomic E-state index is 11.3. The number of hydrogen-bond acceptors (Lipinski definition) is 8. The van der Waals surface area contributed by atoms with Gasteiger partial charge in [-0.15, -0.1) is 0 Å². The average molecular weight is 523 g/mol. The number of hydrogen-bond donors (Lipinski definition) is 4. The van der Waals surface area contributed by atoms with Crippen LogP contribution in [-0.4, -0.2) is 47.4 Å². The Bertz CT molecular complexity index is 1360. The van der Waals surface area contributed by atoms with E-state index in [1.807, 2.05) is 12.1 Å². The highest BCUT2D eigenvalue weighted by Gasteiger charge is 2.37. The first-order valence-corrected chi connectivity index (χ1v) is 12.9. The highest BCUT2D eigenvalue weighted by Crippen LogP contribution is 2.52. The number of aliphatic hydroxyl groups is 1. The molecular weight excluding hydrogens is 488 g/mol. The number of aryl methyl sites for hydroxylation is 1. The quantitative estimate of drug-likeness (QED) is 0.341. The average Bonchev–Trinajstić information content (AvgIpc) is 2.89. The first kappa shape index (κ1) is 25.9. The summed E-state index contributed by atoms with van der Waals surface area (Å²) in [5.74, 6) is 1.23. The van der Waals surface area contributed by atoms with Crippen molar-refractivity contribution in [2.24, 2.45) is 5.92 Å². The molecule has 0 amide bonds. The summed E-state index contributed by atoms with van der Waals surface area (Å²) in [6, 6.07) is 8.65. The van der Waals surface area contributed by atoms with E-state index in [-0.39, 0.29) is 34.3 Å². The van der Waals surface area contributed by atoms with Crippen molar-refractivity contribution in [1.82, 2.24) is 0 Å². The van der Waals surface area contributed by atoms with Crippen LogP contribution in [0.25, 0.3) is 11.1 Å². The summed E-state index contributed by atoms with van der Waals surface area (Å²) >= 11 is 0. The molecule has 3 aromatic rings. The number of aliphatic hydroxyl groups excluding tert-OH is 1. The van der Waals surface area contributed by atoms with E-state index in [2.05, 4.69) is 13.8 Å². The van der Waals surface area contributed by atoms with Gasteiger partial charge in [0.2, 0.25) is 11.5 Å². The molecule has 8 nitrogen and oxygen atoms in total. The molecule has 0 spiro atoms. The van der Waals surface area contributed by atoms with Crippen molar-refractivity contribution in [1.29, 1.82) is 0 Å². The zero-order valence-corrected chi connectivity index (χ0v) is 22.1. The molecule has 1 aliphatic heterocycles. The molecule has 0 bridgehead atoms. The van der Waals surface area contributed by atoms with Crippen LogP contribution in [0.15, 0.2) is 30.3 Å². The molecule has 5 rings (SSSR count). The van der Waals surface area contributed by atoms with Crippen molar-refractivity contribution in [3.8, 4) is 51.4 Å². The maximum Gasteiger partial charge on any atom is 0.207 e. The number of phenolic OH excluding ortho intramolecular Hbond substituents is 3. The van der Waals surface area contributed by atoms with E-state index in [1.165, 1.54) is 13.2 Å². The molecule has 0 radical (unpaired) electrons. The summed E-state index contributed by atoms with van der Waals surface area (Å²) in [6.45, 7) is 4.52. The Labute approximate surface area is 222 Å². The van der Waals surface area contributed by atoms with Crippen molar-refractivity contribution >= 4 is 0 Å². The van der Waals surface area contributed by atoms with Crippen molar-refractivity contribution < 1.29 is 39.4 Å². The first-order valence-electron chi connectivity index (χ1n) is 12.9. The smallest absolute Gasteiger partial charge is 0.207 e. The van der Waals surface area contributed by atoms with Gasteiger partial charge in [0.05, 0.1) is 26.9 Å². The molecule has 2 aliphatic rings. The summed E-state index contributed by atoms with van der Waals surface area (Å²) in [7, 11) is 2.95. The second-order valence-electron chi connectivity index (χ2n) is 10.3. The number of rotatable bonds is 7. The minimum absolute atomic E-state index is 0.133. The second kappa shape index (κ2) is 10.2. The third-order valence-electron chi connectivity index (χ3n) is 7.40. The van der Waals surface area contributed by atoms with E-state index in [1.54, 1.807) is 19.2 Å². The van der Waals surface area contributed by atoms with E-state index >= 15 is 0 Å². The first-order chi connectivity index (χ1) is 18.2. The van der Waals surface area contributed by atoms with Gasteiger partial charge >= 0.3 is 0 Å². The Kier molecular flexibility index (Phi) is 6.92. The fourth-order valence-electron chi connectivity index (χ4n) is 5.44. The van der Waals surface area contributed by atoms with Gasteiger partial charge in [-0.25, -0.2) is 0 Å². The fraction of sp³-hybridized carbons (Fsp3) is 0.400. The zero-order chi connectivity index (χ0) is 27.1. The highest BCUT2D eigenvalue weighted by molar-refractivity contribution is 5.82. The van der Waals surface area contributed by atoms with Crippen LogP contribution >= 0.6 is 0 Å². The van der Waals surface area contributed by atoms with Gasteiger partial charge in [0.15, 0.2) is 17.6 Å². The lowest BCUT2D eigenvalue weighted by Gasteiger charge is -2.35. The van der Waals surface area contributed by atoms with Gasteiger partial charge in [-0.1, -0.05) is 19.9 Å². The number of aromatic hydroxyl groups is 3. The molecule has 38 heavy (non-hydrogen) atoms. The Hall–Kier alpha value is -3.78. The summed E-state index contributed by atoms with van der Waals surface area (Å²) < 4.78 is 23.2. The van der Waals surface area contributed by atoms with Crippen LogP contribution in [0.4, 0.5) is 0 Å². The van der Waals surface area contributed by atoms with Gasteiger partial charge in [0.25, 0.3) is 0 Å². The van der Waals surface area contributed by atoms with Crippen molar-refractivity contribution in [2.45, 2.75) is 51.7 Å². The SMILES string of the molecule is COc1cc2c(c3c1-c1ccc(O)cc1CC3)C[C@@H](O)[C@H](c1cc(OCCC(C)C)c(O)c(OC)c1O)O2. The Morgan fingerprint density at radius 1 is 0.947 bits per heavy atom. The summed E-state index contributed by atoms with van der Waals surface area (Å²) in [5, 5.41) is 42.8. The molecule has 0 saturated carbocycles. The van der Waals surface area contributed by atoms with Gasteiger partial charge in [-0.2, -0.15) is 0 Å². The van der Waals surface area contributed by atoms with E-state index in [4.69, 9.17) is 18.9 Å². The Morgan fingerprint density at radius 2 is 1.74 bits per heavy atom. The number of methoxy groups -OCH3 is 2. The number of fused-ring (bicyclic) bond motifs is 5. The van der Waals surface area contributed by atoms with Gasteiger partial charge in [-0.05, 0) is 60.1 Å². The van der Waals surface area contributed by atoms with Crippen LogP contribution in [-0.2, 0) is 19.3 Å². The van der Waals surface area contributed by atoms with E-state index in [0.717, 1.165) is 40.7 Å². The van der Waals surface area contributed by atoms with Crippen LogP contribution in [0.2, 0.25) is 0 Å². The molecule has 3 aromatic carbocycles. The third-order valence-corrected chi connectivity index (χ3v) is 7.40. The van der Waals surface area contributed by atoms with Gasteiger partial charge < -0.3 is 39.4 Å². The van der Waals surface area contributed by atoms with Gasteiger partial charge in [0, 0.05) is 29.2 Å².